The van der Waals surface area contributed by atoms with Crippen molar-refractivity contribution in [3.05, 3.63) is 44.3 Å². The van der Waals surface area contributed by atoms with Crippen LogP contribution in [0.1, 0.15) is 29.8 Å². The Kier molecular flexibility index (Phi) is 3.43. The Morgan fingerprint density at radius 2 is 2.16 bits per heavy atom. The molecule has 0 aromatic carbocycles. The van der Waals surface area contributed by atoms with Crippen LogP contribution in [0.15, 0.2) is 27.6 Å². The van der Waals surface area contributed by atoms with Crippen LogP contribution in [0.25, 0.3) is 0 Å². The number of aryl methyl sites for hydroxylation is 1. The van der Waals surface area contributed by atoms with Gasteiger partial charge < -0.3 is 4.90 Å². The lowest BCUT2D eigenvalue weighted by molar-refractivity contribution is -0.130. The second-order valence-electron chi connectivity index (χ2n) is 4.89. The summed E-state index contributed by atoms with van der Waals surface area (Å²) in [6.07, 6.45) is 0.00745. The lowest BCUT2D eigenvalue weighted by atomic mass is 10.2. The van der Waals surface area contributed by atoms with Gasteiger partial charge in [0.2, 0.25) is 5.91 Å². The Hall–Kier alpha value is -1.17. The van der Waals surface area contributed by atoms with Crippen molar-refractivity contribution in [1.29, 1.82) is 0 Å². The zero-order chi connectivity index (χ0) is 13.4. The maximum absolute atomic E-state index is 12.3. The monoisotopic (exact) mass is 292 g/mol. The molecule has 2 aromatic rings. The van der Waals surface area contributed by atoms with Gasteiger partial charge in [-0.25, -0.2) is 0 Å². The number of nitrogens with zero attached hydrogens (tertiary/aromatic N) is 1. The Labute approximate surface area is 120 Å². The van der Waals surface area contributed by atoms with Gasteiger partial charge in [-0.15, -0.1) is 0 Å². The van der Waals surface area contributed by atoms with Crippen molar-refractivity contribution in [2.24, 2.45) is 0 Å². The molecule has 0 bridgehead atoms. The standard InChI is InChI=1S/C14H16N2OS2/c1-9-6-19-8-12(9)5-16-13(11-3-4-18-7-11)15-10(2)14(16)17/h3-4,6-8,10,13,15H,5H2,1-2H3. The third-order valence-electron chi connectivity index (χ3n) is 3.53. The number of hydrogen-bond donors (Lipinski definition) is 1. The van der Waals surface area contributed by atoms with E-state index >= 15 is 0 Å². The van der Waals surface area contributed by atoms with E-state index in [0.717, 1.165) is 0 Å². The third kappa shape index (κ3) is 2.33. The first-order chi connectivity index (χ1) is 9.16. The number of carbonyl (C=O) groups excluding carboxylic acids is 1. The van der Waals surface area contributed by atoms with Crippen molar-refractivity contribution in [3.63, 3.8) is 0 Å². The number of amides is 1. The van der Waals surface area contributed by atoms with Crippen molar-refractivity contribution in [3.8, 4) is 0 Å². The molecule has 0 spiro atoms. The van der Waals surface area contributed by atoms with Gasteiger partial charge in [-0.1, -0.05) is 0 Å². The van der Waals surface area contributed by atoms with Crippen molar-refractivity contribution in [1.82, 2.24) is 10.2 Å². The van der Waals surface area contributed by atoms with Crippen molar-refractivity contribution in [2.75, 3.05) is 0 Å². The first kappa shape index (κ1) is 12.8. The van der Waals surface area contributed by atoms with Gasteiger partial charge in [-0.05, 0) is 58.1 Å². The Morgan fingerprint density at radius 3 is 2.79 bits per heavy atom. The highest BCUT2D eigenvalue weighted by molar-refractivity contribution is 7.08. The van der Waals surface area contributed by atoms with Crippen LogP contribution in [-0.4, -0.2) is 16.8 Å². The molecule has 0 saturated carbocycles. The van der Waals surface area contributed by atoms with E-state index in [0.29, 0.717) is 6.54 Å². The van der Waals surface area contributed by atoms with E-state index in [4.69, 9.17) is 0 Å². The van der Waals surface area contributed by atoms with E-state index < -0.39 is 0 Å². The van der Waals surface area contributed by atoms with Crippen LogP contribution >= 0.6 is 22.7 Å². The van der Waals surface area contributed by atoms with Crippen LogP contribution in [0, 0.1) is 6.92 Å². The molecule has 0 radical (unpaired) electrons. The summed E-state index contributed by atoms with van der Waals surface area (Å²) in [4.78, 5) is 14.3. The second kappa shape index (κ2) is 5.07. The third-order valence-corrected chi connectivity index (χ3v) is 5.15. The van der Waals surface area contributed by atoms with Gasteiger partial charge in [-0.3, -0.25) is 10.1 Å². The minimum absolute atomic E-state index is 0.00745. The molecule has 1 aliphatic rings. The zero-order valence-corrected chi connectivity index (χ0v) is 12.6. The molecule has 1 saturated heterocycles. The van der Waals surface area contributed by atoms with E-state index in [1.807, 2.05) is 11.8 Å². The summed E-state index contributed by atoms with van der Waals surface area (Å²) >= 11 is 3.36. The summed E-state index contributed by atoms with van der Waals surface area (Å²) in [7, 11) is 0. The van der Waals surface area contributed by atoms with Gasteiger partial charge in [0.1, 0.15) is 6.17 Å². The summed E-state index contributed by atoms with van der Waals surface area (Å²) in [6, 6.07) is 1.98. The van der Waals surface area contributed by atoms with Gasteiger partial charge in [0.25, 0.3) is 0 Å². The second-order valence-corrected chi connectivity index (χ2v) is 6.42. The normalized spacial score (nSPS) is 23.3. The average Bonchev–Trinajstić information content (AvgIpc) is 3.08. The van der Waals surface area contributed by atoms with E-state index in [1.165, 1.54) is 16.7 Å². The van der Waals surface area contributed by atoms with E-state index in [-0.39, 0.29) is 18.1 Å². The van der Waals surface area contributed by atoms with Crippen molar-refractivity contribution in [2.45, 2.75) is 32.6 Å². The van der Waals surface area contributed by atoms with Gasteiger partial charge in [0.05, 0.1) is 6.04 Å². The molecule has 2 atom stereocenters. The minimum Gasteiger partial charge on any atom is -0.317 e. The molecule has 1 amide bonds. The lowest BCUT2D eigenvalue weighted by Gasteiger charge is -2.23. The molecule has 1 aliphatic heterocycles. The quantitative estimate of drug-likeness (QED) is 0.942. The molecule has 100 valence electrons. The average molecular weight is 292 g/mol. The summed E-state index contributed by atoms with van der Waals surface area (Å²) in [5.74, 6) is 0.182. The van der Waals surface area contributed by atoms with Crippen molar-refractivity contribution >= 4 is 28.6 Å². The predicted octanol–water partition coefficient (Wildman–Crippen LogP) is 3.14. The van der Waals surface area contributed by atoms with Gasteiger partial charge >= 0.3 is 0 Å². The molecule has 1 fully saturated rings. The molecular formula is C14H16N2OS2. The zero-order valence-electron chi connectivity index (χ0n) is 10.9. The highest BCUT2D eigenvalue weighted by atomic mass is 32.1. The van der Waals surface area contributed by atoms with E-state index in [9.17, 15) is 4.79 Å². The van der Waals surface area contributed by atoms with Crippen LogP contribution in [0.4, 0.5) is 0 Å². The molecular weight excluding hydrogens is 276 g/mol. The van der Waals surface area contributed by atoms with Gasteiger partial charge in [0.15, 0.2) is 0 Å². The maximum atomic E-state index is 12.3. The topological polar surface area (TPSA) is 32.3 Å². The smallest absolute Gasteiger partial charge is 0.241 e. The number of thiophene rings is 2. The highest BCUT2D eigenvalue weighted by Gasteiger charge is 2.37. The van der Waals surface area contributed by atoms with E-state index in [1.54, 1.807) is 22.7 Å². The maximum Gasteiger partial charge on any atom is 0.241 e. The Morgan fingerprint density at radius 1 is 1.32 bits per heavy atom. The molecule has 3 nitrogen and oxygen atoms in total. The number of carbonyl (C=O) groups is 1. The highest BCUT2D eigenvalue weighted by Crippen LogP contribution is 2.29. The Balaban J connectivity index is 1.88. The fourth-order valence-corrected chi connectivity index (χ4v) is 3.91. The Bertz CT molecular complexity index is 576. The predicted molar refractivity (Wildman–Crippen MR) is 79.3 cm³/mol. The summed E-state index contributed by atoms with van der Waals surface area (Å²) in [5, 5.41) is 11.8. The van der Waals surface area contributed by atoms with E-state index in [2.05, 4.69) is 39.8 Å². The molecule has 5 heteroatoms. The largest absolute Gasteiger partial charge is 0.317 e. The molecule has 3 heterocycles. The van der Waals surface area contributed by atoms with Crippen LogP contribution < -0.4 is 5.32 Å². The minimum atomic E-state index is -0.108. The lowest BCUT2D eigenvalue weighted by Crippen LogP contribution is -2.29. The van der Waals surface area contributed by atoms with Crippen LogP contribution in [0.2, 0.25) is 0 Å². The molecule has 1 N–H and O–H groups in total. The van der Waals surface area contributed by atoms with Crippen LogP contribution in [0.3, 0.4) is 0 Å². The first-order valence-corrected chi connectivity index (χ1v) is 8.15. The number of rotatable bonds is 3. The molecule has 2 unspecified atom stereocenters. The SMILES string of the molecule is Cc1cscc1CN1C(=O)C(C)NC1c1ccsc1. The van der Waals surface area contributed by atoms with Crippen LogP contribution in [0.5, 0.6) is 0 Å². The summed E-state index contributed by atoms with van der Waals surface area (Å²) in [5.41, 5.74) is 3.69. The molecule has 2 aromatic heterocycles. The van der Waals surface area contributed by atoms with Crippen LogP contribution in [-0.2, 0) is 11.3 Å². The molecule has 3 rings (SSSR count). The number of nitrogens with one attached hydrogen (secondary N) is 1. The molecule has 19 heavy (non-hydrogen) atoms. The molecule has 0 aliphatic carbocycles. The fourth-order valence-electron chi connectivity index (χ4n) is 2.38. The van der Waals surface area contributed by atoms with Crippen molar-refractivity contribution < 1.29 is 4.79 Å². The fraction of sp³-hybridized carbons (Fsp3) is 0.357. The summed E-state index contributed by atoms with van der Waals surface area (Å²) < 4.78 is 0. The van der Waals surface area contributed by atoms with Gasteiger partial charge in [-0.2, -0.15) is 22.7 Å². The first-order valence-electron chi connectivity index (χ1n) is 6.27. The summed E-state index contributed by atoms with van der Waals surface area (Å²) in [6.45, 7) is 4.72. The number of hydrogen-bond acceptors (Lipinski definition) is 4. The van der Waals surface area contributed by atoms with Gasteiger partial charge in [0, 0.05) is 6.54 Å².